The lowest BCUT2D eigenvalue weighted by atomic mass is 10.2. The van der Waals surface area contributed by atoms with Gasteiger partial charge in [-0.1, -0.05) is 6.42 Å². The molecule has 0 aromatic rings. The number of hydrogen-bond acceptors (Lipinski definition) is 3. The van der Waals surface area contributed by atoms with Crippen LogP contribution in [-0.2, 0) is 4.79 Å². The molecule has 0 aromatic heterocycles. The number of nitrogens with zero attached hydrogens (tertiary/aromatic N) is 2. The van der Waals surface area contributed by atoms with Crippen molar-refractivity contribution >= 4 is 17.3 Å². The average molecular weight is 193 g/mol. The van der Waals surface area contributed by atoms with Crippen LogP contribution in [0.25, 0.3) is 0 Å². The number of piperidine rings is 1. The first-order valence-corrected chi connectivity index (χ1v) is 4.62. The summed E-state index contributed by atoms with van der Waals surface area (Å²) in [7, 11) is 4.23. The maximum atomic E-state index is 8.57. The minimum Gasteiger partial charge on any atom is -0.285 e. The van der Waals surface area contributed by atoms with Gasteiger partial charge in [0.1, 0.15) is 0 Å². The molecule has 0 saturated carbocycles. The minimum absolute atomic E-state index is 0.222. The van der Waals surface area contributed by atoms with Crippen molar-refractivity contribution in [3.05, 3.63) is 0 Å². The molecule has 0 atom stereocenters. The fraction of sp³-hybridized carbons (Fsp3) is 0.875. The second-order valence-electron chi connectivity index (χ2n) is 2.95. The van der Waals surface area contributed by atoms with Crippen LogP contribution < -0.4 is 0 Å². The Labute approximate surface area is 79.2 Å². The van der Waals surface area contributed by atoms with Gasteiger partial charge in [-0.25, -0.2) is 10.0 Å². The SMILES string of the molecule is CN(C)N1CCCCC1.O=CCl. The Kier molecular flexibility index (Phi) is 7.45. The molecule has 1 fully saturated rings. The predicted molar refractivity (Wildman–Crippen MR) is 51.7 cm³/mol. The number of carbonyl (C=O) groups excluding carboxylic acids is 1. The van der Waals surface area contributed by atoms with Gasteiger partial charge in [0.05, 0.1) is 0 Å². The third-order valence-corrected chi connectivity index (χ3v) is 1.90. The van der Waals surface area contributed by atoms with Gasteiger partial charge in [0.2, 0.25) is 5.75 Å². The second kappa shape index (κ2) is 7.53. The Bertz CT molecular complexity index is 114. The third-order valence-electron chi connectivity index (χ3n) is 1.90. The summed E-state index contributed by atoms with van der Waals surface area (Å²) in [5, 5.41) is 4.59. The molecule has 1 aliphatic heterocycles. The minimum atomic E-state index is 0.222. The van der Waals surface area contributed by atoms with E-state index in [1.807, 2.05) is 0 Å². The van der Waals surface area contributed by atoms with Gasteiger partial charge in [0.15, 0.2) is 0 Å². The Morgan fingerprint density at radius 1 is 1.25 bits per heavy atom. The van der Waals surface area contributed by atoms with E-state index in [0.29, 0.717) is 0 Å². The van der Waals surface area contributed by atoms with Crippen LogP contribution in [0.4, 0.5) is 0 Å². The van der Waals surface area contributed by atoms with Gasteiger partial charge in [-0.3, -0.25) is 4.79 Å². The molecule has 0 amide bonds. The fourth-order valence-corrected chi connectivity index (χ4v) is 1.28. The fourth-order valence-electron chi connectivity index (χ4n) is 1.28. The number of rotatable bonds is 1. The van der Waals surface area contributed by atoms with E-state index >= 15 is 0 Å². The highest BCUT2D eigenvalue weighted by molar-refractivity contribution is 6.54. The van der Waals surface area contributed by atoms with Crippen LogP contribution in [0.1, 0.15) is 19.3 Å². The largest absolute Gasteiger partial charge is 0.285 e. The zero-order valence-electron chi connectivity index (χ0n) is 7.79. The molecule has 3 nitrogen and oxygen atoms in total. The standard InChI is InChI=1S/C7H16N2.CHClO/c1-8(2)9-6-4-3-5-7-9;2-1-3/h3-7H2,1-2H3;1H. The summed E-state index contributed by atoms with van der Waals surface area (Å²) in [4.78, 5) is 8.57. The molecule has 1 heterocycles. The molecular formula is C8H17ClN2O. The molecule has 0 aromatic carbocycles. The highest BCUT2D eigenvalue weighted by Gasteiger charge is 2.10. The summed E-state index contributed by atoms with van der Waals surface area (Å²) in [6.45, 7) is 2.51. The van der Waals surface area contributed by atoms with Crippen LogP contribution in [-0.4, -0.2) is 42.9 Å². The molecule has 1 aliphatic rings. The molecule has 0 unspecified atom stereocenters. The lowest BCUT2D eigenvalue weighted by molar-refractivity contribution is 0.00746. The molecule has 12 heavy (non-hydrogen) atoms. The molecule has 4 heteroatoms. The van der Waals surface area contributed by atoms with Crippen molar-refractivity contribution in [3.63, 3.8) is 0 Å². The molecule has 0 aliphatic carbocycles. The summed E-state index contributed by atoms with van der Waals surface area (Å²) >= 11 is 4.32. The molecule has 0 N–H and O–H groups in total. The lowest BCUT2D eigenvalue weighted by Crippen LogP contribution is -2.40. The smallest absolute Gasteiger partial charge is 0.208 e. The van der Waals surface area contributed by atoms with Crippen molar-refractivity contribution in [1.29, 1.82) is 0 Å². The van der Waals surface area contributed by atoms with Crippen molar-refractivity contribution in [1.82, 2.24) is 10.0 Å². The van der Waals surface area contributed by atoms with Crippen LogP contribution in [0.3, 0.4) is 0 Å². The first-order valence-electron chi connectivity index (χ1n) is 4.18. The molecule has 1 saturated heterocycles. The molecule has 0 spiro atoms. The number of hydrogen-bond donors (Lipinski definition) is 0. The summed E-state index contributed by atoms with van der Waals surface area (Å²) in [6, 6.07) is 0. The quantitative estimate of drug-likeness (QED) is 0.463. The third kappa shape index (κ3) is 5.52. The van der Waals surface area contributed by atoms with E-state index < -0.39 is 0 Å². The van der Waals surface area contributed by atoms with Gasteiger partial charge < -0.3 is 0 Å². The zero-order valence-corrected chi connectivity index (χ0v) is 8.55. The van der Waals surface area contributed by atoms with Crippen molar-refractivity contribution in [2.24, 2.45) is 0 Å². The summed E-state index contributed by atoms with van der Waals surface area (Å²) < 4.78 is 0. The van der Waals surface area contributed by atoms with Gasteiger partial charge >= 0.3 is 0 Å². The van der Waals surface area contributed by atoms with Crippen molar-refractivity contribution < 1.29 is 4.79 Å². The molecule has 0 radical (unpaired) electrons. The van der Waals surface area contributed by atoms with E-state index in [1.165, 1.54) is 32.4 Å². The van der Waals surface area contributed by atoms with Crippen LogP contribution in [0.15, 0.2) is 0 Å². The Morgan fingerprint density at radius 3 is 1.92 bits per heavy atom. The Balaban J connectivity index is 0.000000354. The van der Waals surface area contributed by atoms with E-state index in [2.05, 4.69) is 35.7 Å². The Morgan fingerprint density at radius 2 is 1.67 bits per heavy atom. The second-order valence-corrected chi connectivity index (χ2v) is 3.13. The molecule has 0 bridgehead atoms. The average Bonchev–Trinajstić information content (AvgIpc) is 2.07. The summed E-state index contributed by atoms with van der Waals surface area (Å²) in [5.41, 5.74) is 0. The topological polar surface area (TPSA) is 23.6 Å². The first kappa shape index (κ1) is 11.9. The van der Waals surface area contributed by atoms with E-state index in [1.54, 1.807) is 0 Å². The molecule has 1 rings (SSSR count). The highest BCUT2D eigenvalue weighted by Crippen LogP contribution is 2.08. The van der Waals surface area contributed by atoms with E-state index in [-0.39, 0.29) is 5.75 Å². The van der Waals surface area contributed by atoms with Gasteiger partial charge in [-0.15, -0.1) is 0 Å². The molecular weight excluding hydrogens is 176 g/mol. The van der Waals surface area contributed by atoms with Crippen molar-refractivity contribution in [2.75, 3.05) is 27.2 Å². The van der Waals surface area contributed by atoms with Crippen LogP contribution in [0.5, 0.6) is 0 Å². The number of halogens is 1. The van der Waals surface area contributed by atoms with E-state index in [4.69, 9.17) is 4.79 Å². The van der Waals surface area contributed by atoms with Gasteiger partial charge in [-0.05, 0) is 24.4 Å². The maximum Gasteiger partial charge on any atom is 0.208 e. The monoisotopic (exact) mass is 192 g/mol. The Hall–Kier alpha value is -0.120. The summed E-state index contributed by atoms with van der Waals surface area (Å²) in [6.07, 6.45) is 4.17. The van der Waals surface area contributed by atoms with E-state index in [0.717, 1.165) is 0 Å². The first-order chi connectivity index (χ1) is 5.72. The normalized spacial score (nSPS) is 18.3. The maximum absolute atomic E-state index is 8.57. The van der Waals surface area contributed by atoms with Crippen molar-refractivity contribution in [3.8, 4) is 0 Å². The van der Waals surface area contributed by atoms with Crippen LogP contribution >= 0.6 is 11.6 Å². The van der Waals surface area contributed by atoms with Crippen LogP contribution in [0.2, 0.25) is 0 Å². The van der Waals surface area contributed by atoms with E-state index in [9.17, 15) is 0 Å². The predicted octanol–water partition coefficient (Wildman–Crippen LogP) is 1.36. The van der Waals surface area contributed by atoms with Crippen molar-refractivity contribution in [2.45, 2.75) is 19.3 Å². The van der Waals surface area contributed by atoms with Gasteiger partial charge in [0.25, 0.3) is 0 Å². The zero-order chi connectivity index (χ0) is 9.40. The van der Waals surface area contributed by atoms with Gasteiger partial charge in [-0.2, -0.15) is 0 Å². The number of carbonyl (C=O) groups is 1. The lowest BCUT2D eigenvalue weighted by Gasteiger charge is -2.31. The van der Waals surface area contributed by atoms with Crippen LogP contribution in [0, 0.1) is 0 Å². The molecule has 72 valence electrons. The number of hydrazine groups is 1. The highest BCUT2D eigenvalue weighted by atomic mass is 35.5. The summed E-state index contributed by atoms with van der Waals surface area (Å²) in [5.74, 6) is 0.222. The van der Waals surface area contributed by atoms with Gasteiger partial charge in [0, 0.05) is 27.2 Å².